The monoisotopic (exact) mass is 468 g/mol. The molecule has 1 fully saturated rings. The Bertz CT molecular complexity index is 1090. The van der Waals surface area contributed by atoms with Crippen LogP contribution in [0.3, 0.4) is 0 Å². The standard InChI is InChI=1S/C24H25ClN4O2S/c1-2-19-15-22(29-13-11-28(12-14-29)21-6-4-3-5-20(21)25)27-24(26-19)32-16-17-7-9-18(10-8-17)23(30)31/h3-10,15H,2,11-14,16H2,1H3,(H,30,31). The largest absolute Gasteiger partial charge is 0.478 e. The van der Waals surface area contributed by atoms with Crippen LogP contribution in [0.25, 0.3) is 0 Å². The van der Waals surface area contributed by atoms with Crippen molar-refractivity contribution in [1.82, 2.24) is 9.97 Å². The van der Waals surface area contributed by atoms with Crippen LogP contribution in [-0.2, 0) is 12.2 Å². The number of aromatic carboxylic acids is 1. The maximum atomic E-state index is 11.0. The van der Waals surface area contributed by atoms with Crippen molar-refractivity contribution < 1.29 is 9.90 Å². The van der Waals surface area contributed by atoms with Gasteiger partial charge in [0.1, 0.15) is 5.82 Å². The number of anilines is 2. The highest BCUT2D eigenvalue weighted by molar-refractivity contribution is 7.98. The SMILES string of the molecule is CCc1cc(N2CCN(c3ccccc3Cl)CC2)nc(SCc2ccc(C(=O)O)cc2)n1. The first-order valence-corrected chi connectivity index (χ1v) is 12.0. The van der Waals surface area contributed by atoms with Crippen LogP contribution < -0.4 is 9.80 Å². The minimum absolute atomic E-state index is 0.293. The van der Waals surface area contributed by atoms with E-state index in [0.717, 1.165) is 65.5 Å². The Hall–Kier alpha value is -2.77. The zero-order chi connectivity index (χ0) is 22.5. The molecule has 0 spiro atoms. The van der Waals surface area contributed by atoms with Gasteiger partial charge in [-0.25, -0.2) is 14.8 Å². The van der Waals surface area contributed by atoms with Crippen molar-refractivity contribution in [3.05, 3.63) is 76.4 Å². The molecule has 0 atom stereocenters. The molecule has 0 radical (unpaired) electrons. The normalized spacial score (nSPS) is 13.9. The molecule has 2 heterocycles. The first-order valence-electron chi connectivity index (χ1n) is 10.6. The molecule has 1 N–H and O–H groups in total. The number of thioether (sulfide) groups is 1. The van der Waals surface area contributed by atoms with Gasteiger partial charge in [0.2, 0.25) is 0 Å². The van der Waals surface area contributed by atoms with Crippen LogP contribution in [0.4, 0.5) is 11.5 Å². The molecule has 0 aliphatic carbocycles. The van der Waals surface area contributed by atoms with Crippen LogP contribution in [0.5, 0.6) is 0 Å². The molecule has 1 saturated heterocycles. The van der Waals surface area contributed by atoms with Crippen LogP contribution in [0, 0.1) is 0 Å². The van der Waals surface area contributed by atoms with Crippen molar-refractivity contribution in [3.8, 4) is 0 Å². The first kappa shape index (κ1) is 22.4. The number of piperazine rings is 1. The number of rotatable bonds is 7. The predicted molar refractivity (Wildman–Crippen MR) is 130 cm³/mol. The van der Waals surface area contributed by atoms with Gasteiger partial charge in [0, 0.05) is 43.7 Å². The Kier molecular flexibility index (Phi) is 7.17. The van der Waals surface area contributed by atoms with Gasteiger partial charge in [-0.15, -0.1) is 0 Å². The summed E-state index contributed by atoms with van der Waals surface area (Å²) in [5, 5.41) is 10.6. The van der Waals surface area contributed by atoms with E-state index in [-0.39, 0.29) is 0 Å². The number of nitrogens with zero attached hydrogens (tertiary/aromatic N) is 4. The Morgan fingerprint density at radius 1 is 1.03 bits per heavy atom. The van der Waals surface area contributed by atoms with Crippen molar-refractivity contribution in [2.24, 2.45) is 0 Å². The fourth-order valence-corrected chi connectivity index (χ4v) is 4.73. The molecule has 0 amide bonds. The number of aryl methyl sites for hydroxylation is 1. The number of hydrogen-bond acceptors (Lipinski definition) is 6. The second-order valence-corrected chi connectivity index (χ2v) is 8.92. The zero-order valence-corrected chi connectivity index (χ0v) is 19.4. The molecule has 3 aromatic rings. The maximum Gasteiger partial charge on any atom is 0.335 e. The van der Waals surface area contributed by atoms with E-state index < -0.39 is 5.97 Å². The molecule has 0 unspecified atom stereocenters. The predicted octanol–water partition coefficient (Wildman–Crippen LogP) is 5.01. The first-order chi connectivity index (χ1) is 15.5. The second kappa shape index (κ2) is 10.2. The van der Waals surface area contributed by atoms with Gasteiger partial charge in [0.15, 0.2) is 5.16 Å². The average molecular weight is 469 g/mol. The molecular weight excluding hydrogens is 444 g/mol. The molecule has 6 nitrogen and oxygen atoms in total. The van der Waals surface area contributed by atoms with Gasteiger partial charge >= 0.3 is 5.97 Å². The quantitative estimate of drug-likeness (QED) is 0.386. The summed E-state index contributed by atoms with van der Waals surface area (Å²) in [6, 6.07) is 17.0. The molecule has 0 saturated carbocycles. The third-order valence-corrected chi connectivity index (χ3v) is 6.71. The van der Waals surface area contributed by atoms with Gasteiger partial charge < -0.3 is 14.9 Å². The number of carbonyl (C=O) groups is 1. The molecule has 2 aromatic carbocycles. The van der Waals surface area contributed by atoms with Crippen LogP contribution in [0.15, 0.2) is 59.8 Å². The minimum Gasteiger partial charge on any atom is -0.478 e. The van der Waals surface area contributed by atoms with Crippen LogP contribution in [0.1, 0.15) is 28.5 Å². The van der Waals surface area contributed by atoms with Crippen LogP contribution in [-0.4, -0.2) is 47.2 Å². The Balaban J connectivity index is 1.43. The summed E-state index contributed by atoms with van der Waals surface area (Å²) in [5.74, 6) is 0.731. The van der Waals surface area contributed by atoms with E-state index in [9.17, 15) is 4.79 Å². The zero-order valence-electron chi connectivity index (χ0n) is 17.9. The molecule has 166 valence electrons. The van der Waals surface area contributed by atoms with E-state index in [1.807, 2.05) is 30.3 Å². The smallest absolute Gasteiger partial charge is 0.335 e. The van der Waals surface area contributed by atoms with Gasteiger partial charge in [-0.1, -0.05) is 54.6 Å². The number of halogens is 1. The second-order valence-electron chi connectivity index (χ2n) is 7.57. The molecule has 1 aliphatic heterocycles. The van der Waals surface area contributed by atoms with E-state index in [2.05, 4.69) is 33.8 Å². The fourth-order valence-electron chi connectivity index (χ4n) is 3.64. The van der Waals surface area contributed by atoms with Crippen molar-refractivity contribution in [3.63, 3.8) is 0 Å². The van der Waals surface area contributed by atoms with Crippen LogP contribution >= 0.6 is 23.4 Å². The van der Waals surface area contributed by atoms with E-state index in [4.69, 9.17) is 21.7 Å². The van der Waals surface area contributed by atoms with E-state index in [1.165, 1.54) is 0 Å². The lowest BCUT2D eigenvalue weighted by molar-refractivity contribution is 0.0697. The van der Waals surface area contributed by atoms with Crippen molar-refractivity contribution >= 4 is 40.8 Å². The lowest BCUT2D eigenvalue weighted by atomic mass is 10.1. The molecule has 8 heteroatoms. The maximum absolute atomic E-state index is 11.0. The summed E-state index contributed by atoms with van der Waals surface area (Å²) in [5.41, 5.74) is 3.43. The summed E-state index contributed by atoms with van der Waals surface area (Å²) in [4.78, 5) is 25.2. The molecule has 0 bridgehead atoms. The number of benzene rings is 2. The summed E-state index contributed by atoms with van der Waals surface area (Å²) in [6.07, 6.45) is 0.843. The Labute approximate surface area is 197 Å². The van der Waals surface area contributed by atoms with Crippen molar-refractivity contribution in [2.75, 3.05) is 36.0 Å². The summed E-state index contributed by atoms with van der Waals surface area (Å²) in [6.45, 7) is 5.60. The molecule has 4 rings (SSSR count). The fraction of sp³-hybridized carbons (Fsp3) is 0.292. The molecule has 1 aliphatic rings. The van der Waals surface area contributed by atoms with Gasteiger partial charge in [-0.2, -0.15) is 0 Å². The molecule has 1 aromatic heterocycles. The molecule has 32 heavy (non-hydrogen) atoms. The van der Waals surface area contributed by atoms with E-state index in [0.29, 0.717) is 11.3 Å². The highest BCUT2D eigenvalue weighted by atomic mass is 35.5. The number of aromatic nitrogens is 2. The number of hydrogen-bond donors (Lipinski definition) is 1. The van der Waals surface area contributed by atoms with Gasteiger partial charge in [-0.3, -0.25) is 0 Å². The van der Waals surface area contributed by atoms with E-state index in [1.54, 1.807) is 23.9 Å². The summed E-state index contributed by atoms with van der Waals surface area (Å²) < 4.78 is 0. The van der Waals surface area contributed by atoms with E-state index >= 15 is 0 Å². The Morgan fingerprint density at radius 3 is 2.38 bits per heavy atom. The summed E-state index contributed by atoms with van der Waals surface area (Å²) >= 11 is 7.94. The average Bonchev–Trinajstić information content (AvgIpc) is 2.83. The lowest BCUT2D eigenvalue weighted by Crippen LogP contribution is -2.47. The minimum atomic E-state index is -0.914. The van der Waals surface area contributed by atoms with Crippen molar-refractivity contribution in [2.45, 2.75) is 24.3 Å². The lowest BCUT2D eigenvalue weighted by Gasteiger charge is -2.37. The number of para-hydroxylation sites is 1. The third-order valence-electron chi connectivity index (χ3n) is 5.47. The van der Waals surface area contributed by atoms with Gasteiger partial charge in [0.25, 0.3) is 0 Å². The van der Waals surface area contributed by atoms with Gasteiger partial charge in [0.05, 0.1) is 16.3 Å². The third kappa shape index (κ3) is 5.34. The molecular formula is C24H25ClN4O2S. The highest BCUT2D eigenvalue weighted by Crippen LogP contribution is 2.28. The van der Waals surface area contributed by atoms with Gasteiger partial charge in [-0.05, 0) is 36.2 Å². The van der Waals surface area contributed by atoms with Crippen LogP contribution in [0.2, 0.25) is 5.02 Å². The summed E-state index contributed by atoms with van der Waals surface area (Å²) in [7, 11) is 0. The highest BCUT2D eigenvalue weighted by Gasteiger charge is 2.21. The number of carboxylic acids is 1. The number of carboxylic acid groups (broad SMARTS) is 1. The van der Waals surface area contributed by atoms with Crippen molar-refractivity contribution in [1.29, 1.82) is 0 Å². The topological polar surface area (TPSA) is 69.6 Å². The Morgan fingerprint density at radius 2 is 1.72 bits per heavy atom.